The van der Waals surface area contributed by atoms with Crippen LogP contribution in [0.3, 0.4) is 0 Å². The molecule has 4 aromatic rings. The number of nitrogens with one attached hydrogen (secondary N) is 2. The lowest BCUT2D eigenvalue weighted by molar-refractivity contribution is -0.113. The van der Waals surface area contributed by atoms with Crippen LogP contribution in [-0.2, 0) is 10.5 Å². The first-order chi connectivity index (χ1) is 13.7. The molecule has 0 fully saturated rings. The van der Waals surface area contributed by atoms with Crippen LogP contribution in [0.1, 0.15) is 5.56 Å². The Morgan fingerprint density at radius 2 is 2.14 bits per heavy atom. The summed E-state index contributed by atoms with van der Waals surface area (Å²) in [5.74, 6) is 0.813. The van der Waals surface area contributed by atoms with Crippen molar-refractivity contribution in [1.82, 2.24) is 30.1 Å². The summed E-state index contributed by atoms with van der Waals surface area (Å²) in [5, 5.41) is 12.1. The molecule has 8 nitrogen and oxygen atoms in total. The third-order valence-corrected chi connectivity index (χ3v) is 6.96. The summed E-state index contributed by atoms with van der Waals surface area (Å²) in [6.45, 7) is 0. The fraction of sp³-hybridized carbons (Fsp3) is 0.125. The second-order valence-electron chi connectivity index (χ2n) is 5.41. The number of rotatable bonds is 7. The first-order valence-corrected chi connectivity index (χ1v) is 11.5. The smallest absolute Gasteiger partial charge is 0.236 e. The SMILES string of the molecule is O=C(CSc1ncnc2nc[nH]c12)Nc1nnc(SCc2cccc(Br)c2)s1. The van der Waals surface area contributed by atoms with E-state index in [0.717, 1.165) is 20.1 Å². The van der Waals surface area contributed by atoms with Crippen molar-refractivity contribution in [3.8, 4) is 0 Å². The van der Waals surface area contributed by atoms with Crippen molar-refractivity contribution in [3.63, 3.8) is 0 Å². The average molecular weight is 494 g/mol. The van der Waals surface area contributed by atoms with Crippen LogP contribution in [0.2, 0.25) is 0 Å². The minimum absolute atomic E-state index is 0.170. The van der Waals surface area contributed by atoms with E-state index in [9.17, 15) is 4.79 Å². The van der Waals surface area contributed by atoms with Crippen molar-refractivity contribution in [2.24, 2.45) is 0 Å². The van der Waals surface area contributed by atoms with E-state index in [2.05, 4.69) is 63.5 Å². The van der Waals surface area contributed by atoms with Crippen molar-refractivity contribution in [2.45, 2.75) is 15.1 Å². The van der Waals surface area contributed by atoms with Crippen LogP contribution in [0.5, 0.6) is 0 Å². The first-order valence-electron chi connectivity index (χ1n) is 7.95. The number of carbonyl (C=O) groups is 1. The van der Waals surface area contributed by atoms with Gasteiger partial charge in [0.05, 0.1) is 12.1 Å². The Morgan fingerprint density at radius 1 is 1.21 bits per heavy atom. The highest BCUT2D eigenvalue weighted by Crippen LogP contribution is 2.29. The zero-order chi connectivity index (χ0) is 19.3. The Balaban J connectivity index is 1.29. The molecule has 1 aromatic carbocycles. The predicted molar refractivity (Wildman–Crippen MR) is 115 cm³/mol. The Kier molecular flexibility index (Phi) is 6.20. The number of H-pyrrole nitrogens is 1. The number of benzene rings is 1. The monoisotopic (exact) mass is 493 g/mol. The number of nitrogens with zero attached hydrogens (tertiary/aromatic N) is 5. The maximum Gasteiger partial charge on any atom is 0.236 e. The quantitative estimate of drug-likeness (QED) is 0.226. The zero-order valence-corrected chi connectivity index (χ0v) is 18.2. The number of amides is 1. The van der Waals surface area contributed by atoms with Crippen LogP contribution in [0.15, 0.2) is 50.8 Å². The molecular formula is C16H12BrN7OS3. The topological polar surface area (TPSA) is 109 Å². The van der Waals surface area contributed by atoms with Gasteiger partial charge in [-0.05, 0) is 17.7 Å². The van der Waals surface area contributed by atoms with Crippen molar-refractivity contribution in [2.75, 3.05) is 11.1 Å². The number of aromatic nitrogens is 6. The molecule has 142 valence electrons. The van der Waals surface area contributed by atoms with Crippen molar-refractivity contribution in [3.05, 3.63) is 47.0 Å². The van der Waals surface area contributed by atoms with Crippen LogP contribution in [0, 0.1) is 0 Å². The van der Waals surface area contributed by atoms with E-state index in [-0.39, 0.29) is 11.7 Å². The standard InChI is InChI=1S/C16H12BrN7OS3/c17-10-3-1-2-9(4-10)5-27-16-24-23-15(28-16)22-11(25)6-26-14-12-13(19-7-18-12)20-8-21-14/h1-4,7-8H,5-6H2,(H,22,23,25)(H,18,19,20,21). The molecule has 4 rings (SSSR count). The molecule has 0 aliphatic rings. The molecule has 0 aliphatic heterocycles. The van der Waals surface area contributed by atoms with Gasteiger partial charge >= 0.3 is 0 Å². The third kappa shape index (κ3) is 4.87. The minimum atomic E-state index is -0.170. The second kappa shape index (κ2) is 8.99. The molecule has 1 amide bonds. The van der Waals surface area contributed by atoms with E-state index in [0.29, 0.717) is 15.8 Å². The van der Waals surface area contributed by atoms with E-state index in [4.69, 9.17) is 0 Å². The van der Waals surface area contributed by atoms with Gasteiger partial charge in [-0.2, -0.15) is 0 Å². The van der Waals surface area contributed by atoms with Crippen molar-refractivity contribution >= 4 is 73.0 Å². The van der Waals surface area contributed by atoms with Gasteiger partial charge in [0.1, 0.15) is 16.9 Å². The van der Waals surface area contributed by atoms with E-state index in [1.165, 1.54) is 35.0 Å². The summed E-state index contributed by atoms with van der Waals surface area (Å²) < 4.78 is 1.85. The largest absolute Gasteiger partial charge is 0.341 e. The van der Waals surface area contributed by atoms with Gasteiger partial charge in [-0.3, -0.25) is 10.1 Å². The summed E-state index contributed by atoms with van der Waals surface area (Å²) in [6, 6.07) is 8.11. The summed E-state index contributed by atoms with van der Waals surface area (Å²) >= 11 is 7.71. The van der Waals surface area contributed by atoms with Gasteiger partial charge in [0.25, 0.3) is 0 Å². The molecule has 0 radical (unpaired) electrons. The van der Waals surface area contributed by atoms with Crippen LogP contribution in [0.25, 0.3) is 11.2 Å². The van der Waals surface area contributed by atoms with Gasteiger partial charge in [0, 0.05) is 10.2 Å². The van der Waals surface area contributed by atoms with Gasteiger partial charge in [-0.15, -0.1) is 10.2 Å². The molecule has 12 heteroatoms. The number of thioether (sulfide) groups is 2. The molecule has 28 heavy (non-hydrogen) atoms. The number of imidazole rings is 1. The molecule has 0 atom stereocenters. The van der Waals surface area contributed by atoms with Crippen LogP contribution >= 0.6 is 50.8 Å². The molecule has 0 aliphatic carbocycles. The molecule has 0 saturated carbocycles. The van der Waals surface area contributed by atoms with E-state index < -0.39 is 0 Å². The number of hydrogen-bond acceptors (Lipinski definition) is 9. The second-order valence-corrected chi connectivity index (χ2v) is 9.49. The van der Waals surface area contributed by atoms with Gasteiger partial charge in [0.15, 0.2) is 9.99 Å². The van der Waals surface area contributed by atoms with E-state index >= 15 is 0 Å². The van der Waals surface area contributed by atoms with Gasteiger partial charge in [-0.1, -0.05) is 62.9 Å². The zero-order valence-electron chi connectivity index (χ0n) is 14.1. The van der Waals surface area contributed by atoms with Crippen LogP contribution < -0.4 is 5.32 Å². The summed E-state index contributed by atoms with van der Waals surface area (Å²) in [4.78, 5) is 27.5. The van der Waals surface area contributed by atoms with Gasteiger partial charge in [0.2, 0.25) is 11.0 Å². The van der Waals surface area contributed by atoms with E-state index in [1.54, 1.807) is 18.1 Å². The maximum absolute atomic E-state index is 12.2. The Bertz CT molecular complexity index is 1120. The van der Waals surface area contributed by atoms with Crippen LogP contribution in [0.4, 0.5) is 5.13 Å². The normalized spacial score (nSPS) is 11.0. The Morgan fingerprint density at radius 3 is 3.04 bits per heavy atom. The number of halogens is 1. The summed E-state index contributed by atoms with van der Waals surface area (Å²) in [6.07, 6.45) is 2.99. The predicted octanol–water partition coefficient (Wildman–Crippen LogP) is 3.99. The summed E-state index contributed by atoms with van der Waals surface area (Å²) in [7, 11) is 0. The lowest BCUT2D eigenvalue weighted by Crippen LogP contribution is -2.14. The molecular weight excluding hydrogens is 482 g/mol. The minimum Gasteiger partial charge on any atom is -0.341 e. The Hall–Kier alpha value is -2.02. The highest BCUT2D eigenvalue weighted by atomic mass is 79.9. The molecule has 3 heterocycles. The summed E-state index contributed by atoms with van der Waals surface area (Å²) in [5.41, 5.74) is 2.49. The Labute approximate surface area is 180 Å². The van der Waals surface area contributed by atoms with Crippen molar-refractivity contribution in [1.29, 1.82) is 0 Å². The molecule has 0 spiro atoms. The highest BCUT2D eigenvalue weighted by Gasteiger charge is 2.12. The average Bonchev–Trinajstić information content (AvgIpc) is 3.34. The fourth-order valence-electron chi connectivity index (χ4n) is 2.23. The first kappa shape index (κ1) is 19.3. The van der Waals surface area contributed by atoms with Gasteiger partial charge < -0.3 is 4.98 Å². The molecule has 0 unspecified atom stereocenters. The molecule has 2 N–H and O–H groups in total. The molecule has 3 aromatic heterocycles. The highest BCUT2D eigenvalue weighted by molar-refractivity contribution is 9.10. The lowest BCUT2D eigenvalue weighted by Gasteiger charge is -2.01. The molecule has 0 bridgehead atoms. The third-order valence-electron chi connectivity index (χ3n) is 3.43. The number of carbonyl (C=O) groups excluding carboxylic acids is 1. The number of anilines is 1. The number of hydrogen-bond donors (Lipinski definition) is 2. The fourth-order valence-corrected chi connectivity index (χ4v) is 5.15. The van der Waals surface area contributed by atoms with Crippen molar-refractivity contribution < 1.29 is 4.79 Å². The van der Waals surface area contributed by atoms with Gasteiger partial charge in [-0.25, -0.2) is 15.0 Å². The lowest BCUT2D eigenvalue weighted by atomic mass is 10.2. The maximum atomic E-state index is 12.2. The van der Waals surface area contributed by atoms with Crippen LogP contribution in [-0.4, -0.2) is 41.8 Å². The number of fused-ring (bicyclic) bond motifs is 1. The van der Waals surface area contributed by atoms with E-state index in [1.807, 2.05) is 12.1 Å². The number of aromatic amines is 1. The molecule has 0 saturated heterocycles.